The standard InChI is InChI=1S/C24H26ClN5O7/c25-16-2-12(1-14(3-16)22(26)36)13(7-21(34)35)5-19(32)9-27-23(37)15-4-17(8-18(31)6-15)30-24-28-10-20(33)11-29-24/h1-4,6,8,13,20,31,33H,5,7,9-11H2,(H2,26,36)(H,27,37)(H,34,35)(H2,28,29,30)/t13-/m0/s1. The summed E-state index contributed by atoms with van der Waals surface area (Å²) < 4.78 is 0. The first kappa shape index (κ1) is 27.4. The molecule has 1 aliphatic rings. The Morgan fingerprint density at radius 3 is 2.51 bits per heavy atom. The maximum absolute atomic E-state index is 12.6. The lowest BCUT2D eigenvalue weighted by atomic mass is 9.89. The number of phenols is 1. The van der Waals surface area contributed by atoms with Gasteiger partial charge in [-0.1, -0.05) is 11.6 Å². The van der Waals surface area contributed by atoms with Gasteiger partial charge < -0.3 is 37.0 Å². The summed E-state index contributed by atoms with van der Waals surface area (Å²) >= 11 is 6.03. The van der Waals surface area contributed by atoms with E-state index < -0.39 is 48.6 Å². The number of phenolic OH excluding ortho intramolecular Hbond substituents is 1. The number of aliphatic imine (C=N–C) groups is 1. The van der Waals surface area contributed by atoms with Crippen molar-refractivity contribution >= 4 is 46.8 Å². The fourth-order valence-electron chi connectivity index (χ4n) is 3.70. The van der Waals surface area contributed by atoms with E-state index >= 15 is 0 Å². The minimum absolute atomic E-state index is 0.0646. The van der Waals surface area contributed by atoms with Gasteiger partial charge in [-0.25, -0.2) is 0 Å². The number of guanidine groups is 1. The Bertz CT molecular complexity index is 1250. The normalized spacial score (nSPS) is 15.6. The zero-order chi connectivity index (χ0) is 27.1. The average molecular weight is 532 g/mol. The van der Waals surface area contributed by atoms with Crippen molar-refractivity contribution in [1.82, 2.24) is 10.6 Å². The summed E-state index contributed by atoms with van der Waals surface area (Å²) in [6, 6.07) is 8.22. The number of aromatic hydroxyl groups is 1. The molecule has 0 saturated heterocycles. The zero-order valence-electron chi connectivity index (χ0n) is 19.5. The maximum atomic E-state index is 12.6. The number of rotatable bonds is 10. The topological polar surface area (TPSA) is 203 Å². The van der Waals surface area contributed by atoms with Crippen LogP contribution in [0.1, 0.15) is 45.0 Å². The minimum Gasteiger partial charge on any atom is -0.508 e. The highest BCUT2D eigenvalue weighted by molar-refractivity contribution is 6.31. The second-order valence-electron chi connectivity index (χ2n) is 8.48. The van der Waals surface area contributed by atoms with E-state index in [1.807, 2.05) is 0 Å². The number of aliphatic hydroxyl groups excluding tert-OH is 1. The Kier molecular flexibility index (Phi) is 9.04. The molecule has 8 N–H and O–H groups in total. The number of carboxylic acid groups (broad SMARTS) is 1. The summed E-state index contributed by atoms with van der Waals surface area (Å²) in [6.45, 7) is 0.0935. The lowest BCUT2D eigenvalue weighted by molar-refractivity contribution is -0.137. The smallest absolute Gasteiger partial charge is 0.303 e. The Labute approximate surface area is 216 Å². The number of nitrogens with one attached hydrogen (secondary N) is 3. The van der Waals surface area contributed by atoms with E-state index in [0.717, 1.165) is 0 Å². The van der Waals surface area contributed by atoms with Crippen LogP contribution in [0.15, 0.2) is 41.4 Å². The third kappa shape index (κ3) is 8.19. The van der Waals surface area contributed by atoms with Crippen LogP contribution in [0, 0.1) is 0 Å². The minimum atomic E-state index is -1.16. The number of carbonyl (C=O) groups is 4. The molecule has 1 heterocycles. The predicted octanol–water partition coefficient (Wildman–Crippen LogP) is 0.824. The highest BCUT2D eigenvalue weighted by atomic mass is 35.5. The molecule has 0 saturated carbocycles. The van der Waals surface area contributed by atoms with E-state index in [4.69, 9.17) is 17.3 Å². The highest BCUT2D eigenvalue weighted by Crippen LogP contribution is 2.28. The molecule has 0 aromatic heterocycles. The summed E-state index contributed by atoms with van der Waals surface area (Å²) in [5.41, 5.74) is 6.16. The summed E-state index contributed by atoms with van der Waals surface area (Å²) in [7, 11) is 0. The van der Waals surface area contributed by atoms with Gasteiger partial charge >= 0.3 is 5.97 Å². The van der Waals surface area contributed by atoms with Crippen LogP contribution in [0.25, 0.3) is 0 Å². The lowest BCUT2D eigenvalue weighted by Crippen LogP contribution is -2.42. The molecule has 1 unspecified atom stereocenters. The fraction of sp³-hybridized carbons (Fsp3) is 0.292. The van der Waals surface area contributed by atoms with Crippen molar-refractivity contribution in [1.29, 1.82) is 0 Å². The number of primary amides is 1. The summed E-state index contributed by atoms with van der Waals surface area (Å²) in [6.07, 6.45) is -1.25. The zero-order valence-corrected chi connectivity index (χ0v) is 20.3. The van der Waals surface area contributed by atoms with Crippen LogP contribution in [-0.4, -0.2) is 70.6 Å². The summed E-state index contributed by atoms with van der Waals surface area (Å²) in [5.74, 6) is -3.66. The molecule has 2 amide bonds. The lowest BCUT2D eigenvalue weighted by Gasteiger charge is -2.20. The third-order valence-electron chi connectivity index (χ3n) is 5.43. The Balaban J connectivity index is 1.66. The first-order valence-electron chi connectivity index (χ1n) is 11.2. The molecule has 37 heavy (non-hydrogen) atoms. The van der Waals surface area contributed by atoms with Crippen molar-refractivity contribution in [3.8, 4) is 5.75 Å². The Morgan fingerprint density at radius 2 is 1.86 bits per heavy atom. The molecular formula is C24H26ClN5O7. The Hall–Kier alpha value is -4.16. The van der Waals surface area contributed by atoms with Crippen molar-refractivity contribution in [3.05, 3.63) is 58.1 Å². The SMILES string of the molecule is NC(=O)c1cc(Cl)cc([C@H](CC(=O)O)CC(=O)CNC(=O)c2cc(O)cc(NC3=NCC(O)CN3)c2)c1. The number of hydrogen-bond acceptors (Lipinski definition) is 9. The number of anilines is 1. The number of nitrogens with two attached hydrogens (primary N) is 1. The van der Waals surface area contributed by atoms with Gasteiger partial charge in [0.15, 0.2) is 11.7 Å². The van der Waals surface area contributed by atoms with E-state index in [9.17, 15) is 34.5 Å². The fourth-order valence-corrected chi connectivity index (χ4v) is 3.95. The number of aliphatic hydroxyl groups is 1. The van der Waals surface area contributed by atoms with Crippen LogP contribution in [0.2, 0.25) is 5.02 Å². The molecule has 3 rings (SSSR count). The first-order chi connectivity index (χ1) is 17.5. The number of carbonyl (C=O) groups excluding carboxylic acids is 3. The monoisotopic (exact) mass is 531 g/mol. The number of halogens is 1. The molecule has 0 aliphatic carbocycles. The molecule has 0 fully saturated rings. The van der Waals surface area contributed by atoms with Gasteiger partial charge in [0.25, 0.3) is 5.91 Å². The number of amides is 2. The van der Waals surface area contributed by atoms with E-state index in [0.29, 0.717) is 23.8 Å². The molecule has 0 radical (unpaired) electrons. The van der Waals surface area contributed by atoms with Gasteiger partial charge in [0, 0.05) is 46.8 Å². The number of carboxylic acids is 1. The van der Waals surface area contributed by atoms with Crippen molar-refractivity contribution in [3.63, 3.8) is 0 Å². The number of β-amino-alcohol motifs (C(OH)–C–C–N with tert-alkyl or cyclic N) is 1. The summed E-state index contributed by atoms with van der Waals surface area (Å²) in [4.78, 5) is 52.3. The van der Waals surface area contributed by atoms with Gasteiger partial charge in [0.1, 0.15) is 5.75 Å². The third-order valence-corrected chi connectivity index (χ3v) is 5.64. The maximum Gasteiger partial charge on any atom is 0.303 e. The van der Waals surface area contributed by atoms with Crippen LogP contribution < -0.4 is 21.7 Å². The van der Waals surface area contributed by atoms with Crippen molar-refractivity contribution in [2.75, 3.05) is 25.0 Å². The molecule has 13 heteroatoms. The van der Waals surface area contributed by atoms with E-state index in [-0.39, 0.29) is 34.9 Å². The van der Waals surface area contributed by atoms with Gasteiger partial charge in [0.2, 0.25) is 5.91 Å². The van der Waals surface area contributed by atoms with Gasteiger partial charge in [-0.2, -0.15) is 0 Å². The van der Waals surface area contributed by atoms with E-state index in [1.54, 1.807) is 0 Å². The van der Waals surface area contributed by atoms with Crippen molar-refractivity contribution in [2.24, 2.45) is 10.7 Å². The average Bonchev–Trinajstić information content (AvgIpc) is 2.82. The molecule has 2 atom stereocenters. The van der Waals surface area contributed by atoms with Gasteiger partial charge in [0.05, 0.1) is 25.6 Å². The number of benzene rings is 2. The Morgan fingerprint density at radius 1 is 1.11 bits per heavy atom. The van der Waals surface area contributed by atoms with Crippen molar-refractivity contribution in [2.45, 2.75) is 24.9 Å². The second kappa shape index (κ2) is 12.2. The molecule has 0 spiro atoms. The highest BCUT2D eigenvalue weighted by Gasteiger charge is 2.22. The summed E-state index contributed by atoms with van der Waals surface area (Å²) in [5, 5.41) is 37.2. The van der Waals surface area contributed by atoms with Gasteiger partial charge in [-0.3, -0.25) is 24.2 Å². The number of nitrogens with zero attached hydrogens (tertiary/aromatic N) is 1. The van der Waals surface area contributed by atoms with E-state index in [2.05, 4.69) is 20.9 Å². The predicted molar refractivity (Wildman–Crippen MR) is 135 cm³/mol. The number of hydrogen-bond donors (Lipinski definition) is 7. The first-order valence-corrected chi connectivity index (χ1v) is 11.6. The van der Waals surface area contributed by atoms with Crippen LogP contribution >= 0.6 is 11.6 Å². The molecular weight excluding hydrogens is 506 g/mol. The second-order valence-corrected chi connectivity index (χ2v) is 8.91. The molecule has 1 aliphatic heterocycles. The number of aliphatic carboxylic acids is 1. The molecule has 2 aromatic rings. The van der Waals surface area contributed by atoms with Crippen LogP contribution in [0.4, 0.5) is 5.69 Å². The van der Waals surface area contributed by atoms with E-state index in [1.165, 1.54) is 36.4 Å². The quantitative estimate of drug-likeness (QED) is 0.231. The molecule has 196 valence electrons. The number of ketones is 1. The largest absolute Gasteiger partial charge is 0.508 e. The van der Waals surface area contributed by atoms with Crippen LogP contribution in [0.5, 0.6) is 5.75 Å². The van der Waals surface area contributed by atoms with Gasteiger partial charge in [-0.05, 0) is 35.9 Å². The van der Waals surface area contributed by atoms with Crippen LogP contribution in [-0.2, 0) is 9.59 Å². The molecule has 0 bridgehead atoms. The number of Topliss-reactive ketones (excluding diaryl/α,β-unsaturated/α-hetero) is 1. The van der Waals surface area contributed by atoms with Gasteiger partial charge in [-0.15, -0.1) is 0 Å². The van der Waals surface area contributed by atoms with Crippen LogP contribution in [0.3, 0.4) is 0 Å². The molecule has 12 nitrogen and oxygen atoms in total. The van der Waals surface area contributed by atoms with Crippen molar-refractivity contribution < 1.29 is 34.5 Å². The molecule has 2 aromatic carbocycles.